The maximum atomic E-state index is 11.5. The van der Waals surface area contributed by atoms with E-state index >= 15 is 0 Å². The van der Waals surface area contributed by atoms with Gasteiger partial charge in [-0.05, 0) is 32.9 Å². The van der Waals surface area contributed by atoms with Crippen LogP contribution in [0.5, 0.6) is 0 Å². The number of nitrogens with one attached hydrogen (secondary N) is 2. The number of carbonyl (C=O) groups excluding carboxylic acids is 1. The molecule has 0 aliphatic heterocycles. The molecule has 0 saturated heterocycles. The van der Waals surface area contributed by atoms with Crippen molar-refractivity contribution in [1.29, 1.82) is 0 Å². The summed E-state index contributed by atoms with van der Waals surface area (Å²) in [4.78, 5) is 11.5. The Labute approximate surface area is 84.5 Å². The van der Waals surface area contributed by atoms with Gasteiger partial charge in [0.2, 0.25) is 0 Å². The highest BCUT2D eigenvalue weighted by Crippen LogP contribution is 2.02. The molecule has 0 aliphatic carbocycles. The molecule has 0 unspecified atom stereocenters. The summed E-state index contributed by atoms with van der Waals surface area (Å²) in [5.74, 6) is -0.0950. The van der Waals surface area contributed by atoms with Crippen molar-refractivity contribution in [2.75, 3.05) is 0 Å². The van der Waals surface area contributed by atoms with Gasteiger partial charge in [-0.1, -0.05) is 17.7 Å². The van der Waals surface area contributed by atoms with Crippen LogP contribution < -0.4 is 10.9 Å². The molecule has 0 spiro atoms. The molecular formula is C11H16N2O. The van der Waals surface area contributed by atoms with E-state index in [-0.39, 0.29) is 11.9 Å². The number of aryl methyl sites for hydroxylation is 1. The first-order chi connectivity index (χ1) is 6.59. The molecule has 0 bridgehead atoms. The maximum absolute atomic E-state index is 11.5. The van der Waals surface area contributed by atoms with E-state index in [1.165, 1.54) is 0 Å². The Kier molecular flexibility index (Phi) is 3.65. The number of carbonyl (C=O) groups is 1. The van der Waals surface area contributed by atoms with Gasteiger partial charge in [-0.2, -0.15) is 0 Å². The zero-order valence-corrected chi connectivity index (χ0v) is 8.79. The molecule has 3 heteroatoms. The zero-order valence-electron chi connectivity index (χ0n) is 8.79. The van der Waals surface area contributed by atoms with Crippen LogP contribution in [0.2, 0.25) is 0 Å². The standard InChI is InChI=1S/C11H16N2O/c1-8(2)12-13-11(14)10-6-4-5-9(3)7-10/h4-8,12H,1-3H3,(H,13,14). The van der Waals surface area contributed by atoms with E-state index in [0.717, 1.165) is 5.56 Å². The molecule has 0 aromatic heterocycles. The van der Waals surface area contributed by atoms with Crippen LogP contribution in [0.25, 0.3) is 0 Å². The van der Waals surface area contributed by atoms with Gasteiger partial charge in [0.1, 0.15) is 0 Å². The minimum Gasteiger partial charge on any atom is -0.287 e. The average molecular weight is 192 g/mol. The van der Waals surface area contributed by atoms with E-state index in [4.69, 9.17) is 0 Å². The summed E-state index contributed by atoms with van der Waals surface area (Å²) in [6, 6.07) is 7.73. The first-order valence-electron chi connectivity index (χ1n) is 4.72. The Bertz CT molecular complexity index is 321. The molecule has 76 valence electrons. The van der Waals surface area contributed by atoms with E-state index in [9.17, 15) is 4.79 Å². The highest BCUT2D eigenvalue weighted by molar-refractivity contribution is 5.93. The molecule has 0 radical (unpaired) electrons. The van der Waals surface area contributed by atoms with Crippen LogP contribution in [0.3, 0.4) is 0 Å². The highest BCUT2D eigenvalue weighted by atomic mass is 16.2. The Morgan fingerprint density at radius 1 is 1.36 bits per heavy atom. The van der Waals surface area contributed by atoms with Crippen molar-refractivity contribution in [3.63, 3.8) is 0 Å². The van der Waals surface area contributed by atoms with Crippen molar-refractivity contribution in [1.82, 2.24) is 10.9 Å². The van der Waals surface area contributed by atoms with Crippen LogP contribution in [0.1, 0.15) is 29.8 Å². The van der Waals surface area contributed by atoms with Gasteiger partial charge < -0.3 is 0 Å². The third-order valence-electron chi connectivity index (χ3n) is 1.75. The molecule has 0 atom stereocenters. The smallest absolute Gasteiger partial charge is 0.265 e. The number of amides is 1. The molecule has 0 aliphatic rings. The van der Waals surface area contributed by atoms with Crippen LogP contribution in [0, 0.1) is 6.92 Å². The number of rotatable bonds is 3. The van der Waals surface area contributed by atoms with Crippen LogP contribution in [0.4, 0.5) is 0 Å². The largest absolute Gasteiger partial charge is 0.287 e. The minimum atomic E-state index is -0.0950. The van der Waals surface area contributed by atoms with Crippen molar-refractivity contribution in [3.05, 3.63) is 35.4 Å². The lowest BCUT2D eigenvalue weighted by molar-refractivity contribution is 0.0927. The minimum absolute atomic E-state index is 0.0950. The second kappa shape index (κ2) is 4.77. The summed E-state index contributed by atoms with van der Waals surface area (Å²) in [7, 11) is 0. The van der Waals surface area contributed by atoms with Gasteiger partial charge in [0.25, 0.3) is 5.91 Å². The first kappa shape index (κ1) is 10.7. The molecule has 3 nitrogen and oxygen atoms in total. The number of benzene rings is 1. The molecule has 1 rings (SSSR count). The zero-order chi connectivity index (χ0) is 10.6. The van der Waals surface area contributed by atoms with E-state index < -0.39 is 0 Å². The molecule has 1 aromatic carbocycles. The quantitative estimate of drug-likeness (QED) is 0.715. The Hall–Kier alpha value is -1.35. The maximum Gasteiger partial charge on any atom is 0.265 e. The van der Waals surface area contributed by atoms with E-state index in [1.54, 1.807) is 6.07 Å². The Balaban J connectivity index is 2.61. The SMILES string of the molecule is Cc1cccc(C(=O)NNC(C)C)c1. The molecule has 0 saturated carbocycles. The van der Waals surface area contributed by atoms with Gasteiger partial charge >= 0.3 is 0 Å². The molecule has 0 heterocycles. The molecule has 2 N–H and O–H groups in total. The fraction of sp³-hybridized carbons (Fsp3) is 0.364. The van der Waals surface area contributed by atoms with E-state index in [0.29, 0.717) is 5.56 Å². The summed E-state index contributed by atoms with van der Waals surface area (Å²) in [6.07, 6.45) is 0. The summed E-state index contributed by atoms with van der Waals surface area (Å²) in [6.45, 7) is 5.90. The second-order valence-electron chi connectivity index (χ2n) is 3.62. The normalized spacial score (nSPS) is 10.3. The van der Waals surface area contributed by atoms with Gasteiger partial charge in [-0.25, -0.2) is 5.43 Å². The van der Waals surface area contributed by atoms with Crippen molar-refractivity contribution in [3.8, 4) is 0 Å². The number of hydrogen-bond acceptors (Lipinski definition) is 2. The fourth-order valence-corrected chi connectivity index (χ4v) is 1.07. The van der Waals surface area contributed by atoms with Gasteiger partial charge in [-0.15, -0.1) is 0 Å². The van der Waals surface area contributed by atoms with Crippen molar-refractivity contribution in [2.24, 2.45) is 0 Å². The lowest BCUT2D eigenvalue weighted by Gasteiger charge is -2.09. The lowest BCUT2D eigenvalue weighted by Crippen LogP contribution is -2.41. The van der Waals surface area contributed by atoms with Crippen LogP contribution in [-0.2, 0) is 0 Å². The predicted molar refractivity (Wildman–Crippen MR) is 56.9 cm³/mol. The fourth-order valence-electron chi connectivity index (χ4n) is 1.07. The summed E-state index contributed by atoms with van der Waals surface area (Å²) >= 11 is 0. The molecule has 14 heavy (non-hydrogen) atoms. The second-order valence-corrected chi connectivity index (χ2v) is 3.62. The van der Waals surface area contributed by atoms with Crippen LogP contribution >= 0.6 is 0 Å². The number of hydrogen-bond donors (Lipinski definition) is 2. The lowest BCUT2D eigenvalue weighted by atomic mass is 10.1. The van der Waals surface area contributed by atoms with Gasteiger partial charge in [0.15, 0.2) is 0 Å². The van der Waals surface area contributed by atoms with E-state index in [1.807, 2.05) is 39.0 Å². The molecule has 0 fully saturated rings. The van der Waals surface area contributed by atoms with Crippen molar-refractivity contribution in [2.45, 2.75) is 26.8 Å². The average Bonchev–Trinajstić information content (AvgIpc) is 2.14. The Morgan fingerprint density at radius 3 is 2.64 bits per heavy atom. The molecule has 1 amide bonds. The topological polar surface area (TPSA) is 41.1 Å². The van der Waals surface area contributed by atoms with Crippen molar-refractivity contribution < 1.29 is 4.79 Å². The van der Waals surface area contributed by atoms with Gasteiger partial charge in [0, 0.05) is 11.6 Å². The summed E-state index contributed by atoms with van der Waals surface area (Å²) in [5.41, 5.74) is 7.26. The predicted octanol–water partition coefficient (Wildman–Crippen LogP) is 1.64. The summed E-state index contributed by atoms with van der Waals surface area (Å²) in [5, 5.41) is 0. The molecule has 1 aromatic rings. The van der Waals surface area contributed by atoms with Gasteiger partial charge in [-0.3, -0.25) is 10.2 Å². The monoisotopic (exact) mass is 192 g/mol. The van der Waals surface area contributed by atoms with E-state index in [2.05, 4.69) is 10.9 Å². The summed E-state index contributed by atoms with van der Waals surface area (Å²) < 4.78 is 0. The third-order valence-corrected chi connectivity index (χ3v) is 1.75. The van der Waals surface area contributed by atoms with Crippen molar-refractivity contribution >= 4 is 5.91 Å². The van der Waals surface area contributed by atoms with Crippen LogP contribution in [0.15, 0.2) is 24.3 Å². The first-order valence-corrected chi connectivity index (χ1v) is 4.72. The number of hydrazine groups is 1. The third kappa shape index (κ3) is 3.18. The molecular weight excluding hydrogens is 176 g/mol. The van der Waals surface area contributed by atoms with Crippen LogP contribution in [-0.4, -0.2) is 11.9 Å². The Morgan fingerprint density at radius 2 is 2.07 bits per heavy atom. The highest BCUT2D eigenvalue weighted by Gasteiger charge is 2.04. The van der Waals surface area contributed by atoms with Gasteiger partial charge in [0.05, 0.1) is 0 Å².